The summed E-state index contributed by atoms with van der Waals surface area (Å²) in [6.45, 7) is 2.42. The van der Waals surface area contributed by atoms with Crippen LogP contribution in [0.4, 0.5) is 5.69 Å². The number of morpholine rings is 1. The third-order valence-electron chi connectivity index (χ3n) is 5.08. The second-order valence-corrected chi connectivity index (χ2v) is 9.53. The van der Waals surface area contributed by atoms with Gasteiger partial charge < -0.3 is 19.5 Å². The first kappa shape index (κ1) is 21.9. The number of carbonyl (C=O) groups is 1. The van der Waals surface area contributed by atoms with E-state index in [1.807, 2.05) is 0 Å². The number of aryl methyl sites for hydroxylation is 1. The van der Waals surface area contributed by atoms with Gasteiger partial charge in [0.25, 0.3) is 0 Å². The van der Waals surface area contributed by atoms with Crippen LogP contribution in [0.25, 0.3) is 0 Å². The molecule has 1 fully saturated rings. The van der Waals surface area contributed by atoms with Gasteiger partial charge in [0.1, 0.15) is 13.2 Å². The molecule has 31 heavy (non-hydrogen) atoms. The third kappa shape index (κ3) is 5.12. The first-order valence-corrected chi connectivity index (χ1v) is 11.8. The summed E-state index contributed by atoms with van der Waals surface area (Å²) in [6, 6.07) is 9.90. The Hall–Kier alpha value is -2.33. The zero-order valence-electron chi connectivity index (χ0n) is 16.8. The van der Waals surface area contributed by atoms with E-state index in [2.05, 4.69) is 5.32 Å². The summed E-state index contributed by atoms with van der Waals surface area (Å²) < 4.78 is 43.0. The van der Waals surface area contributed by atoms with Gasteiger partial charge in [-0.05, 0) is 24.1 Å². The quantitative estimate of drug-likeness (QED) is 0.703. The molecule has 166 valence electrons. The molecule has 0 spiro atoms. The van der Waals surface area contributed by atoms with Crippen LogP contribution < -0.4 is 14.8 Å². The van der Waals surface area contributed by atoms with Crippen LogP contribution in [0, 0.1) is 0 Å². The molecule has 1 N–H and O–H groups in total. The van der Waals surface area contributed by atoms with E-state index < -0.39 is 10.0 Å². The minimum absolute atomic E-state index is 0.205. The minimum atomic E-state index is -3.53. The number of amides is 1. The van der Waals surface area contributed by atoms with Crippen LogP contribution in [0.1, 0.15) is 12.0 Å². The number of fused-ring (bicyclic) bond motifs is 1. The average Bonchev–Trinajstić information content (AvgIpc) is 2.79. The third-order valence-corrected chi connectivity index (χ3v) is 7.30. The molecule has 0 aromatic heterocycles. The standard InChI is InChI=1S/C21H23ClN2O6S/c22-17-13-19-20(30-12-11-29-19)14-18(17)23-21(25)6-3-15-1-4-16(5-2-15)31(26,27)24-7-9-28-10-8-24/h1-2,4-5,13-14H,3,6-12H2,(H,23,25). The highest BCUT2D eigenvalue weighted by Gasteiger charge is 2.26. The van der Waals surface area contributed by atoms with E-state index in [9.17, 15) is 13.2 Å². The van der Waals surface area contributed by atoms with Crippen LogP contribution >= 0.6 is 11.6 Å². The van der Waals surface area contributed by atoms with Crippen molar-refractivity contribution >= 4 is 33.2 Å². The lowest BCUT2D eigenvalue weighted by Crippen LogP contribution is -2.40. The maximum Gasteiger partial charge on any atom is 0.243 e. The van der Waals surface area contributed by atoms with E-state index in [0.717, 1.165) is 5.56 Å². The molecule has 2 heterocycles. The van der Waals surface area contributed by atoms with Crippen molar-refractivity contribution in [3.8, 4) is 11.5 Å². The van der Waals surface area contributed by atoms with Crippen molar-refractivity contribution in [2.45, 2.75) is 17.7 Å². The summed E-state index contributed by atoms with van der Waals surface area (Å²) in [5.41, 5.74) is 1.33. The van der Waals surface area contributed by atoms with Gasteiger partial charge in [0.05, 0.1) is 28.8 Å². The van der Waals surface area contributed by atoms with Crippen molar-refractivity contribution in [3.05, 3.63) is 47.0 Å². The molecule has 0 saturated carbocycles. The van der Waals surface area contributed by atoms with Gasteiger partial charge in [0.2, 0.25) is 15.9 Å². The number of halogens is 1. The molecule has 1 saturated heterocycles. The van der Waals surface area contributed by atoms with E-state index in [-0.39, 0.29) is 17.2 Å². The molecule has 4 rings (SSSR count). The van der Waals surface area contributed by atoms with Crippen LogP contribution in [-0.2, 0) is 26.0 Å². The lowest BCUT2D eigenvalue weighted by molar-refractivity contribution is -0.116. The maximum atomic E-state index is 12.7. The lowest BCUT2D eigenvalue weighted by Gasteiger charge is -2.26. The van der Waals surface area contributed by atoms with Crippen molar-refractivity contribution in [1.82, 2.24) is 4.31 Å². The van der Waals surface area contributed by atoms with Gasteiger partial charge in [0, 0.05) is 31.6 Å². The van der Waals surface area contributed by atoms with Crippen LogP contribution in [-0.4, -0.2) is 58.1 Å². The smallest absolute Gasteiger partial charge is 0.243 e. The van der Waals surface area contributed by atoms with Crippen LogP contribution in [0.2, 0.25) is 5.02 Å². The molecule has 2 aliphatic heterocycles. The number of sulfonamides is 1. The van der Waals surface area contributed by atoms with E-state index in [0.29, 0.717) is 68.1 Å². The molecule has 2 aromatic carbocycles. The zero-order chi connectivity index (χ0) is 21.8. The van der Waals surface area contributed by atoms with Gasteiger partial charge in [-0.2, -0.15) is 4.31 Å². The first-order chi connectivity index (χ1) is 14.9. The van der Waals surface area contributed by atoms with E-state index in [1.54, 1.807) is 36.4 Å². The number of nitrogens with zero attached hydrogens (tertiary/aromatic N) is 1. The minimum Gasteiger partial charge on any atom is -0.486 e. The van der Waals surface area contributed by atoms with Gasteiger partial charge in [-0.25, -0.2) is 8.42 Å². The second-order valence-electron chi connectivity index (χ2n) is 7.18. The fraction of sp³-hybridized carbons (Fsp3) is 0.381. The second kappa shape index (κ2) is 9.44. The van der Waals surface area contributed by atoms with Gasteiger partial charge in [-0.1, -0.05) is 23.7 Å². The molecular formula is C21H23ClN2O6S. The van der Waals surface area contributed by atoms with Crippen LogP contribution in [0.15, 0.2) is 41.3 Å². The van der Waals surface area contributed by atoms with Gasteiger partial charge >= 0.3 is 0 Å². The number of ether oxygens (including phenoxy) is 3. The topological polar surface area (TPSA) is 94.2 Å². The largest absolute Gasteiger partial charge is 0.486 e. The number of nitrogens with one attached hydrogen (secondary N) is 1. The molecule has 10 heteroatoms. The van der Waals surface area contributed by atoms with E-state index in [1.165, 1.54) is 4.31 Å². The Morgan fingerprint density at radius 2 is 1.65 bits per heavy atom. The lowest BCUT2D eigenvalue weighted by atomic mass is 10.1. The Bertz CT molecular complexity index is 1050. The fourth-order valence-corrected chi connectivity index (χ4v) is 5.00. The highest BCUT2D eigenvalue weighted by atomic mass is 35.5. The summed E-state index contributed by atoms with van der Waals surface area (Å²) >= 11 is 6.23. The maximum absolute atomic E-state index is 12.7. The molecule has 0 atom stereocenters. The van der Waals surface area contributed by atoms with E-state index in [4.69, 9.17) is 25.8 Å². The summed E-state index contributed by atoms with van der Waals surface area (Å²) in [4.78, 5) is 12.6. The zero-order valence-corrected chi connectivity index (χ0v) is 18.4. The number of anilines is 1. The van der Waals surface area contributed by atoms with Crippen molar-refractivity contribution in [1.29, 1.82) is 0 Å². The SMILES string of the molecule is O=C(CCc1ccc(S(=O)(=O)N2CCOCC2)cc1)Nc1cc2c(cc1Cl)OCCO2. The Labute approximate surface area is 186 Å². The highest BCUT2D eigenvalue weighted by Crippen LogP contribution is 2.38. The Morgan fingerprint density at radius 1 is 1.00 bits per heavy atom. The fourth-order valence-electron chi connectivity index (χ4n) is 3.39. The number of carbonyl (C=O) groups excluding carboxylic acids is 1. The number of benzene rings is 2. The molecule has 8 nitrogen and oxygen atoms in total. The van der Waals surface area contributed by atoms with Crippen molar-refractivity contribution in [2.75, 3.05) is 44.8 Å². The van der Waals surface area contributed by atoms with E-state index >= 15 is 0 Å². The molecule has 0 aliphatic carbocycles. The number of hydrogen-bond donors (Lipinski definition) is 1. The molecule has 2 aromatic rings. The molecule has 0 bridgehead atoms. The Balaban J connectivity index is 1.35. The van der Waals surface area contributed by atoms with Crippen molar-refractivity contribution in [2.24, 2.45) is 0 Å². The van der Waals surface area contributed by atoms with Gasteiger partial charge in [0.15, 0.2) is 11.5 Å². The van der Waals surface area contributed by atoms with Crippen LogP contribution in [0.5, 0.6) is 11.5 Å². The van der Waals surface area contributed by atoms with Crippen LogP contribution in [0.3, 0.4) is 0 Å². The summed E-state index contributed by atoms with van der Waals surface area (Å²) in [5.74, 6) is 0.896. The summed E-state index contributed by atoms with van der Waals surface area (Å²) in [7, 11) is -3.53. The molecule has 1 amide bonds. The average molecular weight is 467 g/mol. The molecule has 0 radical (unpaired) electrons. The predicted octanol–water partition coefficient (Wildman–Crippen LogP) is 2.70. The van der Waals surface area contributed by atoms with Crippen molar-refractivity contribution < 1.29 is 27.4 Å². The summed E-state index contributed by atoms with van der Waals surface area (Å²) in [6.07, 6.45) is 0.687. The molecule has 0 unspecified atom stereocenters. The highest BCUT2D eigenvalue weighted by molar-refractivity contribution is 7.89. The monoisotopic (exact) mass is 466 g/mol. The normalized spacial score (nSPS) is 16.7. The first-order valence-electron chi connectivity index (χ1n) is 9.99. The Kier molecular flexibility index (Phi) is 6.66. The van der Waals surface area contributed by atoms with Crippen molar-refractivity contribution in [3.63, 3.8) is 0 Å². The summed E-state index contributed by atoms with van der Waals surface area (Å²) in [5, 5.41) is 3.16. The predicted molar refractivity (Wildman–Crippen MR) is 115 cm³/mol. The Morgan fingerprint density at radius 3 is 2.32 bits per heavy atom. The number of rotatable bonds is 6. The van der Waals surface area contributed by atoms with Gasteiger partial charge in [-0.15, -0.1) is 0 Å². The molecular weight excluding hydrogens is 444 g/mol. The number of hydrogen-bond acceptors (Lipinski definition) is 6. The van der Waals surface area contributed by atoms with Gasteiger partial charge in [-0.3, -0.25) is 4.79 Å². The molecule has 2 aliphatic rings.